The number of amides is 2. The minimum Gasteiger partial charge on any atom is -0.356 e. The lowest BCUT2D eigenvalue weighted by molar-refractivity contribution is -0.133. The Labute approximate surface area is 101 Å². The Balaban J connectivity index is 0.00000108. The van der Waals surface area contributed by atoms with Crippen molar-refractivity contribution in [3.63, 3.8) is 0 Å². The van der Waals surface area contributed by atoms with Gasteiger partial charge in [-0.1, -0.05) is 19.1 Å². The Hall–Kier alpha value is -1.20. The van der Waals surface area contributed by atoms with Crippen molar-refractivity contribution in [2.75, 3.05) is 6.54 Å². The maximum Gasteiger partial charge on any atom is 0.256 e. The van der Waals surface area contributed by atoms with Crippen molar-refractivity contribution in [2.24, 2.45) is 5.92 Å². The first kappa shape index (κ1) is 12.3. The van der Waals surface area contributed by atoms with Crippen LogP contribution in [0.15, 0.2) is 11.6 Å². The van der Waals surface area contributed by atoms with E-state index in [-0.39, 0.29) is 31.2 Å². The van der Waals surface area contributed by atoms with Crippen LogP contribution in [0, 0.1) is 5.92 Å². The Bertz CT molecular complexity index is 418. The SMILES string of the molecule is C.CC1=C[C@]2(C)O[C@@H]3C(=O)NC(=O)[C@@H]3[C@@H]2NC1. The van der Waals surface area contributed by atoms with Crippen LogP contribution >= 0.6 is 0 Å². The molecule has 2 amide bonds. The normalized spacial score (nSPS) is 43.4. The van der Waals surface area contributed by atoms with E-state index in [1.807, 2.05) is 19.9 Å². The Morgan fingerprint density at radius 3 is 2.82 bits per heavy atom. The molecule has 4 atom stereocenters. The lowest BCUT2D eigenvalue weighted by Crippen LogP contribution is -2.53. The quantitative estimate of drug-likeness (QED) is 0.459. The fourth-order valence-corrected chi connectivity index (χ4v) is 3.00. The van der Waals surface area contributed by atoms with Gasteiger partial charge in [0.2, 0.25) is 5.91 Å². The van der Waals surface area contributed by atoms with E-state index in [1.165, 1.54) is 5.57 Å². The second kappa shape index (κ2) is 3.65. The van der Waals surface area contributed by atoms with Crippen LogP contribution in [0.4, 0.5) is 0 Å². The summed E-state index contributed by atoms with van der Waals surface area (Å²) in [5.74, 6) is -0.912. The predicted molar refractivity (Wildman–Crippen MR) is 62.2 cm³/mol. The van der Waals surface area contributed by atoms with Gasteiger partial charge in [-0.05, 0) is 13.8 Å². The number of fused-ring (bicyclic) bond motifs is 3. The third kappa shape index (κ3) is 1.53. The van der Waals surface area contributed by atoms with Crippen LogP contribution < -0.4 is 10.6 Å². The fraction of sp³-hybridized carbons (Fsp3) is 0.667. The Morgan fingerprint density at radius 1 is 1.41 bits per heavy atom. The highest BCUT2D eigenvalue weighted by molar-refractivity contribution is 6.07. The van der Waals surface area contributed by atoms with Crippen LogP contribution in [0.3, 0.4) is 0 Å². The van der Waals surface area contributed by atoms with E-state index >= 15 is 0 Å². The van der Waals surface area contributed by atoms with Crippen LogP contribution in [0.25, 0.3) is 0 Å². The lowest BCUT2D eigenvalue weighted by atomic mass is 9.84. The smallest absolute Gasteiger partial charge is 0.256 e. The molecule has 5 heteroatoms. The highest BCUT2D eigenvalue weighted by Gasteiger charge is 2.60. The first-order chi connectivity index (χ1) is 7.51. The number of rotatable bonds is 0. The molecule has 0 aliphatic carbocycles. The van der Waals surface area contributed by atoms with Crippen molar-refractivity contribution in [1.82, 2.24) is 10.6 Å². The molecule has 2 N–H and O–H groups in total. The highest BCUT2D eigenvalue weighted by Crippen LogP contribution is 2.41. The molecule has 3 aliphatic rings. The van der Waals surface area contributed by atoms with Gasteiger partial charge in [0, 0.05) is 6.54 Å². The Morgan fingerprint density at radius 2 is 2.12 bits per heavy atom. The summed E-state index contributed by atoms with van der Waals surface area (Å²) in [5.41, 5.74) is 0.636. The van der Waals surface area contributed by atoms with Crippen molar-refractivity contribution >= 4 is 11.8 Å². The predicted octanol–water partition coefficient (Wildman–Crippen LogP) is -0.0293. The van der Waals surface area contributed by atoms with Crippen LogP contribution in [-0.4, -0.2) is 36.1 Å². The van der Waals surface area contributed by atoms with E-state index in [1.54, 1.807) is 0 Å². The van der Waals surface area contributed by atoms with Gasteiger partial charge in [0.1, 0.15) is 5.60 Å². The summed E-state index contributed by atoms with van der Waals surface area (Å²) in [6.45, 7) is 4.67. The second-order valence-electron chi connectivity index (χ2n) is 4.95. The zero-order valence-corrected chi connectivity index (χ0v) is 9.24. The largest absolute Gasteiger partial charge is 0.356 e. The number of carbonyl (C=O) groups excluding carboxylic acids is 2. The van der Waals surface area contributed by atoms with Crippen LogP contribution in [-0.2, 0) is 14.3 Å². The van der Waals surface area contributed by atoms with Crippen molar-refractivity contribution in [3.05, 3.63) is 11.6 Å². The van der Waals surface area contributed by atoms with Gasteiger partial charge in [-0.25, -0.2) is 0 Å². The Kier molecular flexibility index (Phi) is 2.63. The van der Waals surface area contributed by atoms with E-state index < -0.39 is 11.7 Å². The first-order valence-corrected chi connectivity index (χ1v) is 5.45. The van der Waals surface area contributed by atoms with E-state index in [0.717, 1.165) is 6.54 Å². The van der Waals surface area contributed by atoms with E-state index in [9.17, 15) is 9.59 Å². The minimum absolute atomic E-state index is 0. The van der Waals surface area contributed by atoms with Gasteiger partial charge in [-0.2, -0.15) is 0 Å². The zero-order chi connectivity index (χ0) is 11.5. The molecule has 94 valence electrons. The molecule has 0 aromatic heterocycles. The average Bonchev–Trinajstić information content (AvgIpc) is 2.61. The van der Waals surface area contributed by atoms with E-state index in [0.29, 0.717) is 0 Å². The summed E-state index contributed by atoms with van der Waals surface area (Å²) in [7, 11) is 0. The zero-order valence-electron chi connectivity index (χ0n) is 9.24. The van der Waals surface area contributed by atoms with Crippen LogP contribution in [0.2, 0.25) is 0 Å². The molecule has 0 unspecified atom stereocenters. The van der Waals surface area contributed by atoms with Gasteiger partial charge in [-0.15, -0.1) is 0 Å². The van der Waals surface area contributed by atoms with E-state index in [4.69, 9.17) is 4.74 Å². The van der Waals surface area contributed by atoms with E-state index in [2.05, 4.69) is 10.6 Å². The average molecular weight is 238 g/mol. The summed E-state index contributed by atoms with van der Waals surface area (Å²) >= 11 is 0. The van der Waals surface area contributed by atoms with Crippen molar-refractivity contribution in [3.8, 4) is 0 Å². The second-order valence-corrected chi connectivity index (χ2v) is 4.95. The maximum absolute atomic E-state index is 11.7. The molecule has 3 aliphatic heterocycles. The topological polar surface area (TPSA) is 67.4 Å². The third-order valence-corrected chi connectivity index (χ3v) is 3.63. The first-order valence-electron chi connectivity index (χ1n) is 5.45. The molecule has 0 saturated carbocycles. The molecule has 0 spiro atoms. The van der Waals surface area contributed by atoms with Crippen LogP contribution in [0.5, 0.6) is 0 Å². The van der Waals surface area contributed by atoms with Crippen molar-refractivity contribution in [2.45, 2.75) is 39.0 Å². The summed E-state index contributed by atoms with van der Waals surface area (Å²) in [6, 6.07) is -0.104. The number of carbonyl (C=O) groups is 2. The number of hydrogen-bond donors (Lipinski definition) is 2. The number of ether oxygens (including phenoxy) is 1. The van der Waals surface area contributed by atoms with Gasteiger partial charge < -0.3 is 10.1 Å². The third-order valence-electron chi connectivity index (χ3n) is 3.63. The van der Waals surface area contributed by atoms with Gasteiger partial charge in [0.15, 0.2) is 6.10 Å². The molecule has 3 heterocycles. The van der Waals surface area contributed by atoms with Gasteiger partial charge in [0.05, 0.1) is 12.0 Å². The minimum atomic E-state index is -0.628. The summed E-state index contributed by atoms with van der Waals surface area (Å²) in [6.07, 6.45) is 1.39. The molecule has 2 fully saturated rings. The molecule has 17 heavy (non-hydrogen) atoms. The lowest BCUT2D eigenvalue weighted by Gasteiger charge is -2.34. The number of imide groups is 1. The molecular formula is C12H18N2O3. The monoisotopic (exact) mass is 238 g/mol. The standard InChI is InChI=1S/C11H14N2O3.CH4/c1-5-3-11(2)8(12-4-5)6-7(16-11)10(15)13-9(6)14;/h3,6-8,12H,4H2,1-2H3,(H,13,14,15);1H4/t6-,7-,8-,11-;/m0./s1. The maximum atomic E-state index is 11.7. The van der Waals surface area contributed by atoms with Crippen molar-refractivity contribution in [1.29, 1.82) is 0 Å². The fourth-order valence-electron chi connectivity index (χ4n) is 3.00. The highest BCUT2D eigenvalue weighted by atomic mass is 16.5. The van der Waals surface area contributed by atoms with Gasteiger partial charge >= 0.3 is 0 Å². The summed E-state index contributed by atoms with van der Waals surface area (Å²) < 4.78 is 5.76. The van der Waals surface area contributed by atoms with Gasteiger partial charge in [0.25, 0.3) is 5.91 Å². The number of nitrogens with one attached hydrogen (secondary N) is 2. The van der Waals surface area contributed by atoms with Crippen LogP contribution in [0.1, 0.15) is 21.3 Å². The molecule has 0 aromatic rings. The van der Waals surface area contributed by atoms with Crippen molar-refractivity contribution < 1.29 is 14.3 Å². The molecule has 0 radical (unpaired) electrons. The molecule has 0 bridgehead atoms. The molecule has 3 rings (SSSR count). The van der Waals surface area contributed by atoms with Gasteiger partial charge in [-0.3, -0.25) is 14.9 Å². The molecule has 5 nitrogen and oxygen atoms in total. The summed E-state index contributed by atoms with van der Waals surface area (Å²) in [5, 5.41) is 5.60. The molecule has 0 aromatic carbocycles. The summed E-state index contributed by atoms with van der Waals surface area (Å²) in [4.78, 5) is 23.2. The molecule has 2 saturated heterocycles. The number of hydrogen-bond acceptors (Lipinski definition) is 4. The molecular weight excluding hydrogens is 220 g/mol.